The SMILES string of the molecule is Cc1ccsc1[C@H](CNC(=O)Nc1ccc2c(c1)OCC(=O)N2C)N(C)C. The molecule has 2 heterocycles. The van der Waals surface area contributed by atoms with Crippen LogP contribution in [0.2, 0.25) is 0 Å². The quantitative estimate of drug-likeness (QED) is 0.826. The van der Waals surface area contributed by atoms with Gasteiger partial charge in [0.05, 0.1) is 11.7 Å². The Morgan fingerprint density at radius 2 is 2.15 bits per heavy atom. The van der Waals surface area contributed by atoms with Crippen LogP contribution in [-0.4, -0.2) is 51.1 Å². The second kappa shape index (κ2) is 7.98. The van der Waals surface area contributed by atoms with Gasteiger partial charge in [0.2, 0.25) is 0 Å². The van der Waals surface area contributed by atoms with Gasteiger partial charge in [-0.1, -0.05) is 0 Å². The van der Waals surface area contributed by atoms with Gasteiger partial charge in [-0.2, -0.15) is 0 Å². The van der Waals surface area contributed by atoms with Crippen molar-refractivity contribution in [1.82, 2.24) is 10.2 Å². The summed E-state index contributed by atoms with van der Waals surface area (Å²) in [6.45, 7) is 2.58. The second-order valence-corrected chi connectivity index (χ2v) is 7.65. The molecule has 1 aliphatic rings. The third-order valence-electron chi connectivity index (χ3n) is 4.59. The monoisotopic (exact) mass is 388 g/mol. The Labute approximate surface area is 162 Å². The number of nitrogens with zero attached hydrogens (tertiary/aromatic N) is 2. The van der Waals surface area contributed by atoms with Crippen molar-refractivity contribution >= 4 is 34.6 Å². The highest BCUT2D eigenvalue weighted by molar-refractivity contribution is 7.10. The molecular weight excluding hydrogens is 364 g/mol. The van der Waals surface area contributed by atoms with Crippen molar-refractivity contribution in [3.63, 3.8) is 0 Å². The third-order valence-corrected chi connectivity index (χ3v) is 5.71. The van der Waals surface area contributed by atoms with Crippen molar-refractivity contribution in [1.29, 1.82) is 0 Å². The van der Waals surface area contributed by atoms with Crippen LogP contribution in [0.1, 0.15) is 16.5 Å². The summed E-state index contributed by atoms with van der Waals surface area (Å²) < 4.78 is 5.45. The number of urea groups is 1. The van der Waals surface area contributed by atoms with E-state index in [1.807, 2.05) is 14.1 Å². The van der Waals surface area contributed by atoms with Crippen LogP contribution < -0.4 is 20.3 Å². The number of carbonyl (C=O) groups excluding carboxylic acids is 2. The van der Waals surface area contributed by atoms with Crippen LogP contribution in [0.15, 0.2) is 29.6 Å². The topological polar surface area (TPSA) is 73.9 Å². The lowest BCUT2D eigenvalue weighted by Gasteiger charge is -2.26. The highest BCUT2D eigenvalue weighted by Crippen LogP contribution is 2.33. The smallest absolute Gasteiger partial charge is 0.319 e. The molecule has 7 nitrogen and oxygen atoms in total. The number of carbonyl (C=O) groups is 2. The van der Waals surface area contributed by atoms with Gasteiger partial charge in [-0.15, -0.1) is 11.3 Å². The molecule has 0 unspecified atom stereocenters. The highest BCUT2D eigenvalue weighted by Gasteiger charge is 2.23. The fraction of sp³-hybridized carbons (Fsp3) is 0.368. The molecule has 0 fully saturated rings. The molecule has 1 aromatic carbocycles. The number of hydrogen-bond donors (Lipinski definition) is 2. The lowest BCUT2D eigenvalue weighted by Crippen LogP contribution is -2.37. The Morgan fingerprint density at radius 3 is 2.81 bits per heavy atom. The lowest BCUT2D eigenvalue weighted by molar-refractivity contribution is -0.120. The van der Waals surface area contributed by atoms with Gasteiger partial charge in [0.1, 0.15) is 5.75 Å². The molecule has 144 valence electrons. The molecule has 0 saturated carbocycles. The number of thiophene rings is 1. The molecule has 0 bridgehead atoms. The van der Waals surface area contributed by atoms with Crippen LogP contribution in [-0.2, 0) is 4.79 Å². The predicted octanol–water partition coefficient (Wildman–Crippen LogP) is 2.84. The number of ether oxygens (including phenoxy) is 1. The van der Waals surface area contributed by atoms with Crippen molar-refractivity contribution in [2.24, 2.45) is 0 Å². The summed E-state index contributed by atoms with van der Waals surface area (Å²) in [7, 11) is 5.71. The Morgan fingerprint density at radius 1 is 1.37 bits per heavy atom. The fourth-order valence-electron chi connectivity index (χ4n) is 2.96. The number of likely N-dealkylation sites (N-methyl/N-ethyl adjacent to an activating group) is 2. The van der Waals surface area contributed by atoms with E-state index in [2.05, 4.69) is 33.9 Å². The minimum absolute atomic E-state index is 0.00380. The summed E-state index contributed by atoms with van der Waals surface area (Å²) in [5.74, 6) is 0.481. The lowest BCUT2D eigenvalue weighted by atomic mass is 10.1. The van der Waals surface area contributed by atoms with Crippen LogP contribution in [0.3, 0.4) is 0 Å². The first-order valence-corrected chi connectivity index (χ1v) is 9.53. The summed E-state index contributed by atoms with van der Waals surface area (Å²) in [6.07, 6.45) is 0. The van der Waals surface area contributed by atoms with Crippen molar-refractivity contribution < 1.29 is 14.3 Å². The van der Waals surface area contributed by atoms with Gasteiger partial charge in [-0.3, -0.25) is 4.79 Å². The van der Waals surface area contributed by atoms with E-state index in [0.29, 0.717) is 23.7 Å². The number of amides is 3. The summed E-state index contributed by atoms with van der Waals surface area (Å²) in [5.41, 5.74) is 2.53. The van der Waals surface area contributed by atoms with E-state index in [-0.39, 0.29) is 24.6 Å². The van der Waals surface area contributed by atoms with Crippen molar-refractivity contribution in [2.75, 3.05) is 44.5 Å². The first kappa shape index (κ1) is 19.2. The van der Waals surface area contributed by atoms with E-state index >= 15 is 0 Å². The molecule has 3 rings (SSSR count). The van der Waals surface area contributed by atoms with E-state index in [9.17, 15) is 9.59 Å². The Bertz CT molecular complexity index is 849. The summed E-state index contributed by atoms with van der Waals surface area (Å²) >= 11 is 1.70. The maximum absolute atomic E-state index is 12.3. The first-order valence-electron chi connectivity index (χ1n) is 8.65. The van der Waals surface area contributed by atoms with Gasteiger partial charge in [-0.25, -0.2) is 4.79 Å². The molecule has 27 heavy (non-hydrogen) atoms. The zero-order valence-corrected chi connectivity index (χ0v) is 16.7. The molecule has 0 aliphatic carbocycles. The molecule has 1 atom stereocenters. The normalized spacial score (nSPS) is 14.6. The van der Waals surface area contributed by atoms with E-state index < -0.39 is 0 Å². The Balaban J connectivity index is 1.62. The van der Waals surface area contributed by atoms with Gasteiger partial charge in [0, 0.05) is 30.2 Å². The fourth-order valence-corrected chi connectivity index (χ4v) is 4.08. The number of fused-ring (bicyclic) bond motifs is 1. The van der Waals surface area contributed by atoms with Crippen LogP contribution >= 0.6 is 11.3 Å². The molecule has 1 aromatic heterocycles. The number of aryl methyl sites for hydroxylation is 1. The molecule has 0 saturated heterocycles. The molecule has 8 heteroatoms. The third kappa shape index (κ3) is 4.23. The first-order chi connectivity index (χ1) is 12.9. The molecule has 1 aliphatic heterocycles. The average molecular weight is 388 g/mol. The van der Waals surface area contributed by atoms with Gasteiger partial charge in [0.25, 0.3) is 5.91 Å². The number of hydrogen-bond acceptors (Lipinski definition) is 5. The summed E-state index contributed by atoms with van der Waals surface area (Å²) in [4.78, 5) is 28.9. The Kier molecular flexibility index (Phi) is 5.67. The number of nitrogens with one attached hydrogen (secondary N) is 2. The predicted molar refractivity (Wildman–Crippen MR) is 108 cm³/mol. The largest absolute Gasteiger partial charge is 0.481 e. The summed E-state index contributed by atoms with van der Waals surface area (Å²) in [6, 6.07) is 7.16. The zero-order chi connectivity index (χ0) is 19.6. The van der Waals surface area contributed by atoms with Gasteiger partial charge in [0.15, 0.2) is 6.61 Å². The van der Waals surface area contributed by atoms with E-state index in [1.54, 1.807) is 41.5 Å². The molecule has 2 N–H and O–H groups in total. The molecule has 0 radical (unpaired) electrons. The highest BCUT2D eigenvalue weighted by atomic mass is 32.1. The maximum Gasteiger partial charge on any atom is 0.319 e. The molecule has 3 amide bonds. The van der Waals surface area contributed by atoms with Gasteiger partial charge in [-0.05, 0) is 50.2 Å². The molecular formula is C19H24N4O3S. The van der Waals surface area contributed by atoms with Gasteiger partial charge < -0.3 is 25.2 Å². The number of benzene rings is 1. The second-order valence-electron chi connectivity index (χ2n) is 6.71. The van der Waals surface area contributed by atoms with E-state index in [4.69, 9.17) is 4.74 Å². The zero-order valence-electron chi connectivity index (χ0n) is 15.9. The molecule has 2 aromatic rings. The van der Waals surface area contributed by atoms with Crippen LogP contribution in [0.25, 0.3) is 0 Å². The van der Waals surface area contributed by atoms with Crippen molar-refractivity contribution in [3.8, 4) is 5.75 Å². The van der Waals surface area contributed by atoms with Crippen LogP contribution in [0, 0.1) is 6.92 Å². The summed E-state index contributed by atoms with van der Waals surface area (Å²) in [5, 5.41) is 7.82. The average Bonchev–Trinajstić information content (AvgIpc) is 3.04. The number of rotatable bonds is 5. The van der Waals surface area contributed by atoms with E-state index in [1.165, 1.54) is 10.4 Å². The minimum atomic E-state index is -0.281. The van der Waals surface area contributed by atoms with Crippen molar-refractivity contribution in [2.45, 2.75) is 13.0 Å². The van der Waals surface area contributed by atoms with Gasteiger partial charge >= 0.3 is 6.03 Å². The van der Waals surface area contributed by atoms with Crippen LogP contribution in [0.5, 0.6) is 5.75 Å². The minimum Gasteiger partial charge on any atom is -0.481 e. The number of anilines is 2. The molecule has 0 spiro atoms. The Hall–Kier alpha value is -2.58. The van der Waals surface area contributed by atoms with Crippen LogP contribution in [0.4, 0.5) is 16.2 Å². The maximum atomic E-state index is 12.3. The van der Waals surface area contributed by atoms with E-state index in [0.717, 1.165) is 0 Å². The van der Waals surface area contributed by atoms with Crippen molar-refractivity contribution in [3.05, 3.63) is 40.1 Å². The standard InChI is InChI=1S/C19H24N4O3S/c1-12-7-8-27-18(12)15(22(2)3)10-20-19(25)21-13-5-6-14-16(9-13)26-11-17(24)23(14)4/h5-9,15H,10-11H2,1-4H3,(H2,20,21,25)/t15-/m0/s1.